The summed E-state index contributed by atoms with van der Waals surface area (Å²) in [5.41, 5.74) is 10.1. The van der Waals surface area contributed by atoms with Gasteiger partial charge in [-0.25, -0.2) is 17.1 Å². The number of fused-ring (bicyclic) bond motifs is 1. The smallest absolute Gasteiger partial charge is 0.250 e. The normalized spacial score (nSPS) is 17.9. The van der Waals surface area contributed by atoms with Gasteiger partial charge in [-0.2, -0.15) is 0 Å². The first kappa shape index (κ1) is 24.9. The summed E-state index contributed by atoms with van der Waals surface area (Å²) in [6.45, 7) is 3.19. The number of rotatable bonds is 8. The van der Waals surface area contributed by atoms with E-state index in [2.05, 4.69) is 10.3 Å². The molecule has 2 fully saturated rings. The molecule has 192 valence electrons. The quantitative estimate of drug-likeness (QED) is 0.419. The Morgan fingerprint density at radius 2 is 1.83 bits per heavy atom. The number of nitrogens with two attached hydrogens (primary N) is 1. The number of benzene rings is 2. The SMILES string of the molecule is CCS(=O)(=O)N1CCC(c2c[nH]c3c(C(N)=O)cc(-c4cc(F)cc(CNC5CCC5)c4)cc23)CC1. The molecule has 5 rings (SSSR count). The Labute approximate surface area is 211 Å². The van der Waals surface area contributed by atoms with Gasteiger partial charge in [0.25, 0.3) is 5.91 Å². The maximum Gasteiger partial charge on any atom is 0.250 e. The van der Waals surface area contributed by atoms with Crippen molar-refractivity contribution in [3.63, 3.8) is 0 Å². The second-order valence-electron chi connectivity index (χ2n) is 9.99. The van der Waals surface area contributed by atoms with Crippen LogP contribution in [0.5, 0.6) is 0 Å². The molecule has 0 spiro atoms. The van der Waals surface area contributed by atoms with Crippen LogP contribution in [-0.2, 0) is 16.6 Å². The van der Waals surface area contributed by atoms with Crippen LogP contribution in [0.25, 0.3) is 22.0 Å². The largest absolute Gasteiger partial charge is 0.366 e. The zero-order valence-electron chi connectivity index (χ0n) is 20.5. The number of aromatic nitrogens is 1. The lowest BCUT2D eigenvalue weighted by molar-refractivity contribution is 0.100. The van der Waals surface area contributed by atoms with E-state index in [0.29, 0.717) is 55.2 Å². The molecule has 2 aromatic carbocycles. The van der Waals surface area contributed by atoms with Crippen LogP contribution < -0.4 is 11.1 Å². The lowest BCUT2D eigenvalue weighted by Gasteiger charge is -2.31. The van der Waals surface area contributed by atoms with Gasteiger partial charge in [-0.1, -0.05) is 6.42 Å². The van der Waals surface area contributed by atoms with Crippen LogP contribution in [0.3, 0.4) is 0 Å². The van der Waals surface area contributed by atoms with Crippen LogP contribution in [0.15, 0.2) is 36.5 Å². The minimum atomic E-state index is -3.21. The highest BCUT2D eigenvalue weighted by atomic mass is 32.2. The predicted molar refractivity (Wildman–Crippen MR) is 140 cm³/mol. The zero-order valence-corrected chi connectivity index (χ0v) is 21.3. The summed E-state index contributed by atoms with van der Waals surface area (Å²) < 4.78 is 40.7. The minimum absolute atomic E-state index is 0.0991. The highest BCUT2D eigenvalue weighted by Gasteiger charge is 2.29. The maximum absolute atomic E-state index is 14.6. The molecule has 0 radical (unpaired) electrons. The van der Waals surface area contributed by atoms with Crippen molar-refractivity contribution in [1.82, 2.24) is 14.6 Å². The third-order valence-corrected chi connectivity index (χ3v) is 9.61. The third kappa shape index (κ3) is 4.92. The van der Waals surface area contributed by atoms with Crippen molar-refractivity contribution < 1.29 is 17.6 Å². The zero-order chi connectivity index (χ0) is 25.4. The monoisotopic (exact) mass is 512 g/mol. The molecule has 1 aromatic heterocycles. The molecule has 1 saturated carbocycles. The molecule has 1 saturated heterocycles. The van der Waals surface area contributed by atoms with Crippen LogP contribution in [0.4, 0.5) is 4.39 Å². The minimum Gasteiger partial charge on any atom is -0.366 e. The van der Waals surface area contributed by atoms with Crippen molar-refractivity contribution >= 4 is 26.8 Å². The lowest BCUT2D eigenvalue weighted by atomic mass is 9.88. The number of halogens is 1. The summed E-state index contributed by atoms with van der Waals surface area (Å²) >= 11 is 0. The van der Waals surface area contributed by atoms with E-state index in [1.54, 1.807) is 23.4 Å². The van der Waals surface area contributed by atoms with E-state index in [4.69, 9.17) is 5.73 Å². The van der Waals surface area contributed by atoms with Crippen molar-refractivity contribution in [3.05, 3.63) is 59.0 Å². The summed E-state index contributed by atoms with van der Waals surface area (Å²) in [5, 5.41) is 4.35. The van der Waals surface area contributed by atoms with Crippen molar-refractivity contribution in [2.24, 2.45) is 5.73 Å². The van der Waals surface area contributed by atoms with Gasteiger partial charge in [-0.3, -0.25) is 4.79 Å². The highest BCUT2D eigenvalue weighted by molar-refractivity contribution is 7.89. The Morgan fingerprint density at radius 1 is 1.11 bits per heavy atom. The molecule has 4 N–H and O–H groups in total. The van der Waals surface area contributed by atoms with Gasteiger partial charge < -0.3 is 16.0 Å². The fraction of sp³-hybridized carbons (Fsp3) is 0.444. The van der Waals surface area contributed by atoms with Crippen LogP contribution in [-0.4, -0.2) is 48.5 Å². The van der Waals surface area contributed by atoms with Gasteiger partial charge in [-0.15, -0.1) is 0 Å². The van der Waals surface area contributed by atoms with Crippen LogP contribution in [0.1, 0.15) is 66.4 Å². The summed E-state index contributed by atoms with van der Waals surface area (Å²) in [7, 11) is -3.21. The van der Waals surface area contributed by atoms with Gasteiger partial charge in [0.15, 0.2) is 0 Å². The average molecular weight is 513 g/mol. The Kier molecular flexibility index (Phi) is 6.89. The molecule has 0 atom stereocenters. The van der Waals surface area contributed by atoms with Gasteiger partial charge in [0.2, 0.25) is 10.0 Å². The van der Waals surface area contributed by atoms with Crippen LogP contribution in [0.2, 0.25) is 0 Å². The standard InChI is InChI=1S/C27H33FN4O3S/c1-2-36(34,35)32-8-6-18(7-9-32)25-16-31-26-23(25)13-20(14-24(26)27(29)33)19-10-17(11-21(28)12-19)15-30-22-4-3-5-22/h10-14,16,18,22,30-31H,2-9,15H2,1H3,(H2,29,33). The number of primary amides is 1. The van der Waals surface area contributed by atoms with Crippen molar-refractivity contribution in [2.45, 2.75) is 57.5 Å². The topological polar surface area (TPSA) is 108 Å². The third-order valence-electron chi connectivity index (χ3n) is 7.73. The number of aromatic amines is 1. The molecular weight excluding hydrogens is 479 g/mol. The summed E-state index contributed by atoms with van der Waals surface area (Å²) in [4.78, 5) is 15.6. The molecule has 0 unspecified atom stereocenters. The van der Waals surface area contributed by atoms with Gasteiger partial charge in [0.1, 0.15) is 5.82 Å². The van der Waals surface area contributed by atoms with Crippen molar-refractivity contribution in [2.75, 3.05) is 18.8 Å². The predicted octanol–water partition coefficient (Wildman–Crippen LogP) is 4.24. The second-order valence-corrected chi connectivity index (χ2v) is 12.2. The number of sulfonamides is 1. The fourth-order valence-corrected chi connectivity index (χ4v) is 6.51. The van der Waals surface area contributed by atoms with Crippen LogP contribution >= 0.6 is 0 Å². The molecular formula is C27H33FN4O3S. The number of nitrogens with one attached hydrogen (secondary N) is 2. The number of hydrogen-bond donors (Lipinski definition) is 3. The molecule has 9 heteroatoms. The Hall–Kier alpha value is -2.75. The first-order valence-corrected chi connectivity index (χ1v) is 14.3. The van der Waals surface area contributed by atoms with E-state index in [1.165, 1.54) is 12.5 Å². The Bertz CT molecular complexity index is 1390. The van der Waals surface area contributed by atoms with Crippen LogP contribution in [0, 0.1) is 5.82 Å². The average Bonchev–Trinajstić information content (AvgIpc) is 3.26. The molecule has 7 nitrogen and oxygen atoms in total. The highest BCUT2D eigenvalue weighted by Crippen LogP contribution is 2.37. The molecule has 36 heavy (non-hydrogen) atoms. The number of amides is 1. The second kappa shape index (κ2) is 9.95. The molecule has 1 aliphatic heterocycles. The van der Waals surface area contributed by atoms with Gasteiger partial charge in [-0.05, 0) is 91.1 Å². The lowest BCUT2D eigenvalue weighted by Crippen LogP contribution is -2.38. The molecule has 2 aliphatic rings. The molecule has 2 heterocycles. The number of nitrogens with zero attached hydrogens (tertiary/aromatic N) is 1. The molecule has 1 amide bonds. The Morgan fingerprint density at radius 3 is 2.47 bits per heavy atom. The fourth-order valence-electron chi connectivity index (χ4n) is 5.37. The number of hydrogen-bond acceptors (Lipinski definition) is 4. The number of carbonyl (C=O) groups excluding carboxylic acids is 1. The molecule has 1 aliphatic carbocycles. The number of carbonyl (C=O) groups is 1. The van der Waals surface area contributed by atoms with Crippen molar-refractivity contribution in [3.8, 4) is 11.1 Å². The number of piperidine rings is 1. The summed E-state index contributed by atoms with van der Waals surface area (Å²) in [5.74, 6) is -0.630. The number of H-pyrrole nitrogens is 1. The maximum atomic E-state index is 14.6. The van der Waals surface area contributed by atoms with E-state index >= 15 is 0 Å². The van der Waals surface area contributed by atoms with Gasteiger partial charge in [0.05, 0.1) is 16.8 Å². The Balaban J connectivity index is 1.48. The van der Waals surface area contributed by atoms with E-state index < -0.39 is 15.9 Å². The van der Waals surface area contributed by atoms with E-state index in [9.17, 15) is 17.6 Å². The van der Waals surface area contributed by atoms with Crippen molar-refractivity contribution in [1.29, 1.82) is 0 Å². The van der Waals surface area contributed by atoms with Gasteiger partial charge >= 0.3 is 0 Å². The van der Waals surface area contributed by atoms with E-state index in [1.807, 2.05) is 18.3 Å². The first-order valence-electron chi connectivity index (χ1n) is 12.7. The molecule has 3 aromatic rings. The van der Waals surface area contributed by atoms with E-state index in [-0.39, 0.29) is 17.5 Å². The van der Waals surface area contributed by atoms with E-state index in [0.717, 1.165) is 34.9 Å². The first-order chi connectivity index (χ1) is 17.2. The molecule has 0 bridgehead atoms. The van der Waals surface area contributed by atoms with Gasteiger partial charge in [0, 0.05) is 37.3 Å². The summed E-state index contributed by atoms with van der Waals surface area (Å²) in [6.07, 6.45) is 6.82. The summed E-state index contributed by atoms with van der Waals surface area (Å²) in [6, 6.07) is 9.19.